The molecule has 0 amide bonds. The Bertz CT molecular complexity index is 365. The lowest BCUT2D eigenvalue weighted by molar-refractivity contribution is 0.621. The minimum absolute atomic E-state index is 0.0642. The predicted molar refractivity (Wildman–Crippen MR) is 65.8 cm³/mol. The van der Waals surface area contributed by atoms with Crippen molar-refractivity contribution in [2.45, 2.75) is 32.2 Å². The zero-order valence-electron chi connectivity index (χ0n) is 8.96. The zero-order chi connectivity index (χ0) is 11.3. The van der Waals surface area contributed by atoms with Crippen LogP contribution in [0.2, 0.25) is 5.02 Å². The van der Waals surface area contributed by atoms with E-state index in [1.807, 2.05) is 25.1 Å². The second-order valence-electron chi connectivity index (χ2n) is 3.71. The van der Waals surface area contributed by atoms with E-state index in [9.17, 15) is 0 Å². The molecule has 0 aromatic heterocycles. The van der Waals surface area contributed by atoms with Crippen LogP contribution in [0, 0.1) is 19.3 Å². The molecule has 0 aliphatic heterocycles. The van der Waals surface area contributed by atoms with Crippen molar-refractivity contribution in [2.75, 3.05) is 0 Å². The van der Waals surface area contributed by atoms with Gasteiger partial charge < -0.3 is 5.73 Å². The molecule has 0 aliphatic rings. The van der Waals surface area contributed by atoms with Crippen LogP contribution in [0.4, 0.5) is 0 Å². The molecule has 0 spiro atoms. The van der Waals surface area contributed by atoms with Gasteiger partial charge in [0.1, 0.15) is 0 Å². The van der Waals surface area contributed by atoms with Gasteiger partial charge in [-0.3, -0.25) is 0 Å². The number of unbranched alkanes of at least 4 members (excludes halogenated alkanes) is 1. The van der Waals surface area contributed by atoms with E-state index in [0.717, 1.165) is 35.4 Å². The molecule has 80 valence electrons. The first-order valence-corrected chi connectivity index (χ1v) is 5.48. The van der Waals surface area contributed by atoms with Crippen molar-refractivity contribution in [3.05, 3.63) is 34.3 Å². The van der Waals surface area contributed by atoms with Crippen LogP contribution in [-0.4, -0.2) is 0 Å². The maximum atomic E-state index is 6.04. The van der Waals surface area contributed by atoms with Crippen LogP contribution in [0.25, 0.3) is 0 Å². The van der Waals surface area contributed by atoms with Gasteiger partial charge in [-0.05, 0) is 37.0 Å². The van der Waals surface area contributed by atoms with Gasteiger partial charge in [-0.15, -0.1) is 12.3 Å². The fourth-order valence-electron chi connectivity index (χ4n) is 1.49. The SMILES string of the molecule is C#CCCCC(N)c1ccc(Cl)c(C)c1. The molecular weight excluding hydrogens is 206 g/mol. The second kappa shape index (κ2) is 5.80. The van der Waals surface area contributed by atoms with Crippen LogP contribution in [-0.2, 0) is 0 Å². The molecule has 0 radical (unpaired) electrons. The van der Waals surface area contributed by atoms with Crippen molar-refractivity contribution >= 4 is 11.6 Å². The number of rotatable bonds is 4. The summed E-state index contributed by atoms with van der Waals surface area (Å²) in [4.78, 5) is 0. The minimum Gasteiger partial charge on any atom is -0.324 e. The first kappa shape index (κ1) is 12.1. The highest BCUT2D eigenvalue weighted by Crippen LogP contribution is 2.22. The smallest absolute Gasteiger partial charge is 0.0435 e. The summed E-state index contributed by atoms with van der Waals surface area (Å²) in [7, 11) is 0. The van der Waals surface area contributed by atoms with E-state index in [2.05, 4.69) is 5.92 Å². The van der Waals surface area contributed by atoms with Crippen molar-refractivity contribution in [2.24, 2.45) is 5.73 Å². The highest BCUT2D eigenvalue weighted by molar-refractivity contribution is 6.31. The fraction of sp³-hybridized carbons (Fsp3) is 0.385. The molecule has 1 unspecified atom stereocenters. The fourth-order valence-corrected chi connectivity index (χ4v) is 1.61. The van der Waals surface area contributed by atoms with E-state index in [1.165, 1.54) is 0 Å². The van der Waals surface area contributed by atoms with Gasteiger partial charge in [-0.1, -0.05) is 23.7 Å². The molecule has 0 bridgehead atoms. The highest BCUT2D eigenvalue weighted by Gasteiger charge is 2.06. The number of hydrogen-bond acceptors (Lipinski definition) is 1. The molecule has 0 heterocycles. The molecule has 0 saturated heterocycles. The first-order valence-electron chi connectivity index (χ1n) is 5.10. The number of hydrogen-bond donors (Lipinski definition) is 1. The summed E-state index contributed by atoms with van der Waals surface area (Å²) < 4.78 is 0. The predicted octanol–water partition coefficient (Wildman–Crippen LogP) is 3.45. The van der Waals surface area contributed by atoms with E-state index in [0.29, 0.717) is 0 Å². The monoisotopic (exact) mass is 221 g/mol. The van der Waals surface area contributed by atoms with Crippen molar-refractivity contribution in [3.63, 3.8) is 0 Å². The van der Waals surface area contributed by atoms with Crippen molar-refractivity contribution in [1.82, 2.24) is 0 Å². The third kappa shape index (κ3) is 3.58. The van der Waals surface area contributed by atoms with E-state index >= 15 is 0 Å². The van der Waals surface area contributed by atoms with Gasteiger partial charge in [0.05, 0.1) is 0 Å². The molecule has 15 heavy (non-hydrogen) atoms. The van der Waals surface area contributed by atoms with Crippen LogP contribution in [0.15, 0.2) is 18.2 Å². The van der Waals surface area contributed by atoms with Crippen molar-refractivity contribution in [1.29, 1.82) is 0 Å². The summed E-state index contributed by atoms with van der Waals surface area (Å²) in [5, 5.41) is 0.787. The van der Waals surface area contributed by atoms with E-state index in [4.69, 9.17) is 23.8 Å². The van der Waals surface area contributed by atoms with Crippen LogP contribution in [0.3, 0.4) is 0 Å². The zero-order valence-corrected chi connectivity index (χ0v) is 9.72. The summed E-state index contributed by atoms with van der Waals surface area (Å²) in [5.41, 5.74) is 8.25. The van der Waals surface area contributed by atoms with Crippen molar-refractivity contribution < 1.29 is 0 Å². The summed E-state index contributed by atoms with van der Waals surface area (Å²) >= 11 is 5.94. The number of nitrogens with two attached hydrogens (primary N) is 1. The lowest BCUT2D eigenvalue weighted by Crippen LogP contribution is -2.10. The topological polar surface area (TPSA) is 26.0 Å². The van der Waals surface area contributed by atoms with Crippen LogP contribution >= 0.6 is 11.6 Å². The van der Waals surface area contributed by atoms with E-state index < -0.39 is 0 Å². The maximum absolute atomic E-state index is 6.04. The van der Waals surface area contributed by atoms with Gasteiger partial charge in [0.25, 0.3) is 0 Å². The molecule has 0 fully saturated rings. The molecule has 1 rings (SSSR count). The second-order valence-corrected chi connectivity index (χ2v) is 4.12. The molecule has 2 heteroatoms. The van der Waals surface area contributed by atoms with Crippen LogP contribution in [0.1, 0.15) is 36.4 Å². The molecule has 2 N–H and O–H groups in total. The molecule has 0 saturated carbocycles. The summed E-state index contributed by atoms with van der Waals surface area (Å²) in [6, 6.07) is 5.99. The summed E-state index contributed by atoms with van der Waals surface area (Å²) in [6.45, 7) is 1.99. The van der Waals surface area contributed by atoms with E-state index in [-0.39, 0.29) is 6.04 Å². The Balaban J connectivity index is 2.62. The van der Waals surface area contributed by atoms with Crippen molar-refractivity contribution in [3.8, 4) is 12.3 Å². The highest BCUT2D eigenvalue weighted by atomic mass is 35.5. The number of aryl methyl sites for hydroxylation is 1. The largest absolute Gasteiger partial charge is 0.324 e. The average Bonchev–Trinajstić information content (AvgIpc) is 2.22. The maximum Gasteiger partial charge on any atom is 0.0435 e. The Morgan fingerprint density at radius 1 is 1.53 bits per heavy atom. The van der Waals surface area contributed by atoms with Crippen LogP contribution < -0.4 is 5.73 Å². The lowest BCUT2D eigenvalue weighted by Gasteiger charge is -2.12. The lowest BCUT2D eigenvalue weighted by atomic mass is 10.0. The third-order valence-corrected chi connectivity index (χ3v) is 2.87. The quantitative estimate of drug-likeness (QED) is 0.612. The van der Waals surface area contributed by atoms with Gasteiger partial charge in [-0.25, -0.2) is 0 Å². The first-order chi connectivity index (χ1) is 7.15. The average molecular weight is 222 g/mol. The molecular formula is C13H16ClN. The number of halogens is 1. The van der Waals surface area contributed by atoms with Gasteiger partial charge in [0.15, 0.2) is 0 Å². The third-order valence-electron chi connectivity index (χ3n) is 2.45. The Hall–Kier alpha value is -0.970. The van der Waals surface area contributed by atoms with Gasteiger partial charge in [-0.2, -0.15) is 0 Å². The molecule has 1 aromatic carbocycles. The van der Waals surface area contributed by atoms with Gasteiger partial charge in [0, 0.05) is 17.5 Å². The summed E-state index contributed by atoms with van der Waals surface area (Å²) in [5.74, 6) is 2.62. The van der Waals surface area contributed by atoms with E-state index in [1.54, 1.807) is 0 Å². The number of terminal acetylenes is 1. The molecule has 1 nitrogen and oxygen atoms in total. The van der Waals surface area contributed by atoms with Gasteiger partial charge in [0.2, 0.25) is 0 Å². The molecule has 0 aliphatic carbocycles. The summed E-state index contributed by atoms with van der Waals surface area (Å²) in [6.07, 6.45) is 7.87. The van der Waals surface area contributed by atoms with Crippen LogP contribution in [0.5, 0.6) is 0 Å². The number of benzene rings is 1. The Kier molecular flexibility index (Phi) is 4.68. The Labute approximate surface area is 96.6 Å². The minimum atomic E-state index is 0.0642. The Morgan fingerprint density at radius 2 is 2.27 bits per heavy atom. The Morgan fingerprint density at radius 3 is 2.87 bits per heavy atom. The molecule has 1 atom stereocenters. The normalized spacial score (nSPS) is 12.1. The van der Waals surface area contributed by atoms with Gasteiger partial charge >= 0.3 is 0 Å². The molecule has 1 aromatic rings. The standard InChI is InChI=1S/C13H16ClN/c1-3-4-5-6-13(15)11-7-8-12(14)10(2)9-11/h1,7-9,13H,4-6,15H2,2H3.